The number of hydrogen-bond acceptors (Lipinski definition) is 7. The normalized spacial score (nSPS) is 11.2. The standard InChI is InChI=1S/C23H22N2O4S2/c1-5-17-14(3)31-20-19(17)21(26)25(15-8-6-7-13(2)11-15)23(24-20)30-12-16-9-10-18(29-16)22(27)28-4/h6-11H,5,12H2,1-4H3. The Kier molecular flexibility index (Phi) is 6.02. The first-order valence-electron chi connectivity index (χ1n) is 9.84. The molecule has 31 heavy (non-hydrogen) atoms. The molecule has 6 nitrogen and oxygen atoms in total. The van der Waals surface area contributed by atoms with Crippen LogP contribution < -0.4 is 5.56 Å². The number of methoxy groups -OCH3 is 1. The summed E-state index contributed by atoms with van der Waals surface area (Å²) in [5.74, 6) is 0.658. The first-order valence-corrected chi connectivity index (χ1v) is 11.6. The Hall–Kier alpha value is -2.84. The highest BCUT2D eigenvalue weighted by Crippen LogP contribution is 2.31. The number of esters is 1. The van der Waals surface area contributed by atoms with Gasteiger partial charge in [0.05, 0.1) is 23.9 Å². The van der Waals surface area contributed by atoms with Crippen molar-refractivity contribution in [3.8, 4) is 5.69 Å². The van der Waals surface area contributed by atoms with Gasteiger partial charge >= 0.3 is 5.97 Å². The summed E-state index contributed by atoms with van der Waals surface area (Å²) in [5.41, 5.74) is 2.84. The van der Waals surface area contributed by atoms with Crippen LogP contribution in [0.15, 0.2) is 50.8 Å². The van der Waals surface area contributed by atoms with E-state index in [-0.39, 0.29) is 11.3 Å². The van der Waals surface area contributed by atoms with Gasteiger partial charge in [0.2, 0.25) is 5.76 Å². The fraction of sp³-hybridized carbons (Fsp3) is 0.261. The van der Waals surface area contributed by atoms with Gasteiger partial charge in [-0.25, -0.2) is 9.78 Å². The molecule has 1 aromatic carbocycles. The molecule has 0 spiro atoms. The Labute approximate surface area is 187 Å². The largest absolute Gasteiger partial charge is 0.463 e. The summed E-state index contributed by atoms with van der Waals surface area (Å²) in [6.45, 7) is 6.09. The molecule has 3 heterocycles. The highest BCUT2D eigenvalue weighted by Gasteiger charge is 2.20. The van der Waals surface area contributed by atoms with E-state index < -0.39 is 5.97 Å². The minimum atomic E-state index is -0.520. The number of hydrogen-bond donors (Lipinski definition) is 0. The first kappa shape index (κ1) is 21.4. The van der Waals surface area contributed by atoms with Gasteiger partial charge < -0.3 is 9.15 Å². The number of aryl methyl sites for hydroxylation is 3. The summed E-state index contributed by atoms with van der Waals surface area (Å²) in [6.07, 6.45) is 0.783. The molecule has 0 atom stereocenters. The SMILES string of the molecule is CCc1c(C)sc2nc(SCc3ccc(C(=O)OC)o3)n(-c3cccc(C)c3)c(=O)c12. The first-order chi connectivity index (χ1) is 14.9. The molecule has 0 fully saturated rings. The van der Waals surface area contributed by atoms with Crippen LogP contribution in [0.1, 0.15) is 39.2 Å². The fourth-order valence-electron chi connectivity index (χ4n) is 3.52. The van der Waals surface area contributed by atoms with E-state index >= 15 is 0 Å². The predicted molar refractivity (Wildman–Crippen MR) is 124 cm³/mol. The van der Waals surface area contributed by atoms with Crippen molar-refractivity contribution < 1.29 is 13.9 Å². The van der Waals surface area contributed by atoms with Crippen molar-refractivity contribution in [1.29, 1.82) is 0 Å². The Balaban J connectivity index is 1.81. The molecule has 0 aliphatic heterocycles. The summed E-state index contributed by atoms with van der Waals surface area (Å²) in [6, 6.07) is 11.1. The average Bonchev–Trinajstić information content (AvgIpc) is 3.35. The number of rotatable bonds is 6. The summed E-state index contributed by atoms with van der Waals surface area (Å²) in [7, 11) is 1.31. The number of carbonyl (C=O) groups excluding carboxylic acids is 1. The zero-order valence-corrected chi connectivity index (χ0v) is 19.4. The second-order valence-corrected chi connectivity index (χ2v) is 9.24. The van der Waals surface area contributed by atoms with Crippen LogP contribution in [0.25, 0.3) is 15.9 Å². The van der Waals surface area contributed by atoms with Crippen molar-refractivity contribution in [2.45, 2.75) is 38.1 Å². The lowest BCUT2D eigenvalue weighted by Crippen LogP contribution is -2.22. The second-order valence-electron chi connectivity index (χ2n) is 7.09. The third kappa shape index (κ3) is 4.05. The van der Waals surface area contributed by atoms with Crippen molar-refractivity contribution in [2.75, 3.05) is 7.11 Å². The molecular formula is C23H22N2O4S2. The molecule has 0 N–H and O–H groups in total. The molecule has 0 bridgehead atoms. The van der Waals surface area contributed by atoms with E-state index in [4.69, 9.17) is 14.1 Å². The zero-order valence-electron chi connectivity index (χ0n) is 17.7. The van der Waals surface area contributed by atoms with Gasteiger partial charge in [0.1, 0.15) is 10.6 Å². The number of carbonyl (C=O) groups is 1. The van der Waals surface area contributed by atoms with Gasteiger partial charge in [-0.05, 0) is 55.7 Å². The number of nitrogens with zero attached hydrogens (tertiary/aromatic N) is 2. The minimum absolute atomic E-state index is 0.0611. The van der Waals surface area contributed by atoms with Gasteiger partial charge in [-0.2, -0.15) is 0 Å². The highest BCUT2D eigenvalue weighted by atomic mass is 32.2. The smallest absolute Gasteiger partial charge is 0.373 e. The minimum Gasteiger partial charge on any atom is -0.463 e. The van der Waals surface area contributed by atoms with Gasteiger partial charge in [0, 0.05) is 4.88 Å². The summed E-state index contributed by atoms with van der Waals surface area (Å²) in [4.78, 5) is 32.0. The molecule has 160 valence electrons. The Morgan fingerprint density at radius 1 is 1.26 bits per heavy atom. The quantitative estimate of drug-likeness (QED) is 0.224. The molecule has 0 unspecified atom stereocenters. The lowest BCUT2D eigenvalue weighted by Gasteiger charge is -2.12. The predicted octanol–water partition coefficient (Wildman–Crippen LogP) is 5.30. The summed E-state index contributed by atoms with van der Waals surface area (Å²) >= 11 is 2.95. The molecule has 0 aliphatic rings. The average molecular weight is 455 g/mol. The lowest BCUT2D eigenvalue weighted by atomic mass is 10.1. The number of benzene rings is 1. The van der Waals surface area contributed by atoms with E-state index in [9.17, 15) is 9.59 Å². The van der Waals surface area contributed by atoms with E-state index in [0.29, 0.717) is 22.1 Å². The summed E-state index contributed by atoms with van der Waals surface area (Å²) < 4.78 is 11.9. The lowest BCUT2D eigenvalue weighted by molar-refractivity contribution is 0.0563. The third-order valence-corrected chi connectivity index (χ3v) is 7.00. The van der Waals surface area contributed by atoms with E-state index in [1.807, 2.05) is 38.1 Å². The number of thioether (sulfide) groups is 1. The number of furan rings is 1. The molecule has 0 saturated carbocycles. The monoisotopic (exact) mass is 454 g/mol. The van der Waals surface area contributed by atoms with Gasteiger partial charge in [-0.3, -0.25) is 9.36 Å². The second kappa shape index (κ2) is 8.72. The topological polar surface area (TPSA) is 74.3 Å². The number of fused-ring (bicyclic) bond motifs is 1. The summed E-state index contributed by atoms with van der Waals surface area (Å²) in [5, 5.41) is 1.28. The van der Waals surface area contributed by atoms with Crippen molar-refractivity contribution in [3.63, 3.8) is 0 Å². The Morgan fingerprint density at radius 2 is 2.06 bits per heavy atom. The van der Waals surface area contributed by atoms with Crippen LogP contribution in [0.2, 0.25) is 0 Å². The maximum Gasteiger partial charge on any atom is 0.373 e. The maximum absolute atomic E-state index is 13.6. The molecule has 0 aliphatic carbocycles. The van der Waals surface area contributed by atoms with Crippen LogP contribution in [0, 0.1) is 13.8 Å². The molecular weight excluding hydrogens is 432 g/mol. The third-order valence-electron chi connectivity index (χ3n) is 5.00. The molecule has 0 radical (unpaired) electrons. The van der Waals surface area contributed by atoms with Crippen LogP contribution in [0.3, 0.4) is 0 Å². The van der Waals surface area contributed by atoms with E-state index in [2.05, 4.69) is 6.92 Å². The van der Waals surface area contributed by atoms with Gasteiger partial charge in [0.25, 0.3) is 5.56 Å². The van der Waals surface area contributed by atoms with Crippen molar-refractivity contribution in [2.24, 2.45) is 0 Å². The molecule has 0 amide bonds. The van der Waals surface area contributed by atoms with Gasteiger partial charge in [0.15, 0.2) is 5.16 Å². The molecule has 4 aromatic rings. The maximum atomic E-state index is 13.6. The fourth-order valence-corrected chi connectivity index (χ4v) is 5.58. The number of ether oxygens (including phenoxy) is 1. The number of thiophene rings is 1. The van der Waals surface area contributed by atoms with Gasteiger partial charge in [-0.15, -0.1) is 11.3 Å². The highest BCUT2D eigenvalue weighted by molar-refractivity contribution is 7.98. The molecule has 0 saturated heterocycles. The van der Waals surface area contributed by atoms with Crippen LogP contribution in [-0.4, -0.2) is 22.6 Å². The van der Waals surface area contributed by atoms with Crippen LogP contribution >= 0.6 is 23.1 Å². The van der Waals surface area contributed by atoms with E-state index in [1.54, 1.807) is 28.0 Å². The molecule has 8 heteroatoms. The molecule has 3 aromatic heterocycles. The molecule has 4 rings (SSSR count). The van der Waals surface area contributed by atoms with Crippen LogP contribution in [0.4, 0.5) is 0 Å². The Morgan fingerprint density at radius 3 is 2.77 bits per heavy atom. The zero-order chi connectivity index (χ0) is 22.1. The van der Waals surface area contributed by atoms with Gasteiger partial charge in [-0.1, -0.05) is 30.8 Å². The van der Waals surface area contributed by atoms with Crippen molar-refractivity contribution >= 4 is 39.3 Å². The van der Waals surface area contributed by atoms with Crippen LogP contribution in [0.5, 0.6) is 0 Å². The Bertz CT molecular complexity index is 1330. The van der Waals surface area contributed by atoms with Crippen molar-refractivity contribution in [3.05, 3.63) is 74.3 Å². The van der Waals surface area contributed by atoms with Crippen molar-refractivity contribution in [1.82, 2.24) is 9.55 Å². The number of aromatic nitrogens is 2. The van der Waals surface area contributed by atoms with Crippen LogP contribution in [-0.2, 0) is 16.9 Å². The van der Waals surface area contributed by atoms with E-state index in [0.717, 1.165) is 32.9 Å². The van der Waals surface area contributed by atoms with E-state index in [1.165, 1.54) is 18.9 Å².